The van der Waals surface area contributed by atoms with Gasteiger partial charge in [-0.3, -0.25) is 4.79 Å². The lowest BCUT2D eigenvalue weighted by Gasteiger charge is -2.21. The molecule has 1 unspecified atom stereocenters. The Kier molecular flexibility index (Phi) is 3.08. The second-order valence-electron chi connectivity index (χ2n) is 5.03. The van der Waals surface area contributed by atoms with Crippen molar-refractivity contribution in [1.82, 2.24) is 0 Å². The Hall–Kier alpha value is -2.09. The Morgan fingerprint density at radius 1 is 1.05 bits per heavy atom. The molecule has 0 radical (unpaired) electrons. The highest BCUT2D eigenvalue weighted by Crippen LogP contribution is 2.34. The average molecular weight is 252 g/mol. The van der Waals surface area contributed by atoms with Gasteiger partial charge in [-0.25, -0.2) is 0 Å². The number of carbonyl (C=O) groups is 1. The number of carbonyl (C=O) groups excluding carboxylic acids is 1. The molecule has 19 heavy (non-hydrogen) atoms. The molecule has 0 heterocycles. The lowest BCUT2D eigenvalue weighted by molar-refractivity contribution is 0.0967. The molecule has 0 N–H and O–H groups in total. The maximum Gasteiger partial charge on any atom is 0.163 e. The summed E-state index contributed by atoms with van der Waals surface area (Å²) in [4.78, 5) is 12.0. The van der Waals surface area contributed by atoms with Crippen LogP contribution < -0.4 is 4.74 Å². The minimum Gasteiger partial charge on any atom is -0.457 e. The maximum absolute atomic E-state index is 12.0. The van der Waals surface area contributed by atoms with Gasteiger partial charge in [-0.15, -0.1) is 0 Å². The Bertz CT molecular complexity index is 602. The van der Waals surface area contributed by atoms with Crippen molar-refractivity contribution in [3.63, 3.8) is 0 Å². The zero-order chi connectivity index (χ0) is 13.2. The molecule has 96 valence electrons. The fourth-order valence-corrected chi connectivity index (χ4v) is 2.53. The molecule has 0 amide bonds. The quantitative estimate of drug-likeness (QED) is 0.783. The highest BCUT2D eigenvalue weighted by atomic mass is 16.5. The number of ketones is 1. The molecular weight excluding hydrogens is 236 g/mol. The Morgan fingerprint density at radius 2 is 1.84 bits per heavy atom. The van der Waals surface area contributed by atoms with E-state index < -0.39 is 0 Å². The molecule has 0 spiro atoms. The van der Waals surface area contributed by atoms with Crippen molar-refractivity contribution in [3.8, 4) is 11.5 Å². The lowest BCUT2D eigenvalue weighted by atomic mass is 9.83. The third-order valence-corrected chi connectivity index (χ3v) is 3.64. The molecule has 1 aliphatic carbocycles. The maximum atomic E-state index is 12.0. The van der Waals surface area contributed by atoms with Crippen molar-refractivity contribution in [2.45, 2.75) is 25.7 Å². The molecule has 0 saturated heterocycles. The van der Waals surface area contributed by atoms with Crippen molar-refractivity contribution in [3.05, 3.63) is 59.7 Å². The molecule has 1 atom stereocenters. The van der Waals surface area contributed by atoms with Gasteiger partial charge in [0.1, 0.15) is 11.5 Å². The summed E-state index contributed by atoms with van der Waals surface area (Å²) >= 11 is 0. The highest BCUT2D eigenvalue weighted by molar-refractivity contribution is 5.99. The van der Waals surface area contributed by atoms with E-state index >= 15 is 0 Å². The van der Waals surface area contributed by atoms with Crippen molar-refractivity contribution < 1.29 is 9.53 Å². The first-order chi connectivity index (χ1) is 9.24. The molecule has 3 rings (SSSR count). The summed E-state index contributed by atoms with van der Waals surface area (Å²) in [7, 11) is 0. The van der Waals surface area contributed by atoms with E-state index in [1.54, 1.807) is 0 Å². The number of Topliss-reactive ketones (excluding diaryl/α,β-unsaturated/α-hetero) is 1. The first-order valence-corrected chi connectivity index (χ1v) is 6.64. The van der Waals surface area contributed by atoms with Crippen LogP contribution in [0.1, 0.15) is 41.6 Å². The zero-order valence-corrected chi connectivity index (χ0v) is 10.9. The fourth-order valence-electron chi connectivity index (χ4n) is 2.53. The van der Waals surface area contributed by atoms with E-state index in [-0.39, 0.29) is 5.78 Å². The number of rotatable bonds is 2. The number of hydrogen-bond donors (Lipinski definition) is 0. The van der Waals surface area contributed by atoms with Crippen LogP contribution in [-0.4, -0.2) is 5.78 Å². The molecule has 0 saturated carbocycles. The molecule has 0 bridgehead atoms. The summed E-state index contributed by atoms with van der Waals surface area (Å²) in [6.07, 6.45) is 1.59. The van der Waals surface area contributed by atoms with Crippen LogP contribution in [0.4, 0.5) is 0 Å². The third-order valence-electron chi connectivity index (χ3n) is 3.64. The van der Waals surface area contributed by atoms with Gasteiger partial charge in [-0.2, -0.15) is 0 Å². The van der Waals surface area contributed by atoms with E-state index in [0.717, 1.165) is 29.0 Å². The molecule has 2 aromatic rings. The number of fused-ring (bicyclic) bond motifs is 1. The minimum atomic E-state index is 0.228. The van der Waals surface area contributed by atoms with Gasteiger partial charge in [0.15, 0.2) is 5.78 Å². The Morgan fingerprint density at radius 3 is 2.63 bits per heavy atom. The molecule has 0 aliphatic heterocycles. The van der Waals surface area contributed by atoms with Gasteiger partial charge in [0, 0.05) is 12.0 Å². The molecule has 0 fully saturated rings. The van der Waals surface area contributed by atoms with Crippen LogP contribution in [0.5, 0.6) is 11.5 Å². The van der Waals surface area contributed by atoms with E-state index in [9.17, 15) is 4.79 Å². The zero-order valence-electron chi connectivity index (χ0n) is 10.9. The fraction of sp³-hybridized carbons (Fsp3) is 0.235. The number of para-hydroxylation sites is 1. The monoisotopic (exact) mass is 252 g/mol. The number of hydrogen-bond acceptors (Lipinski definition) is 2. The molecule has 2 aromatic carbocycles. The van der Waals surface area contributed by atoms with E-state index in [2.05, 4.69) is 6.92 Å². The third kappa shape index (κ3) is 2.39. The van der Waals surface area contributed by atoms with Crippen molar-refractivity contribution in [1.29, 1.82) is 0 Å². The van der Waals surface area contributed by atoms with Crippen LogP contribution in [-0.2, 0) is 0 Å². The average Bonchev–Trinajstić information content (AvgIpc) is 2.44. The summed E-state index contributed by atoms with van der Waals surface area (Å²) in [6, 6.07) is 15.5. The molecule has 2 nitrogen and oxygen atoms in total. The predicted octanol–water partition coefficient (Wildman–Crippen LogP) is 4.56. The van der Waals surface area contributed by atoms with Crippen LogP contribution in [0, 0.1) is 0 Å². The van der Waals surface area contributed by atoms with Crippen LogP contribution >= 0.6 is 0 Å². The smallest absolute Gasteiger partial charge is 0.163 e. The topological polar surface area (TPSA) is 26.3 Å². The summed E-state index contributed by atoms with van der Waals surface area (Å²) in [5.41, 5.74) is 1.98. The van der Waals surface area contributed by atoms with E-state index in [4.69, 9.17) is 4.74 Å². The lowest BCUT2D eigenvalue weighted by Crippen LogP contribution is -2.13. The molecular formula is C17H16O2. The van der Waals surface area contributed by atoms with Crippen LogP contribution in [0.2, 0.25) is 0 Å². The molecule has 0 aromatic heterocycles. The van der Waals surface area contributed by atoms with Gasteiger partial charge in [0.05, 0.1) is 0 Å². The van der Waals surface area contributed by atoms with Gasteiger partial charge >= 0.3 is 0 Å². The largest absolute Gasteiger partial charge is 0.457 e. The number of benzene rings is 2. The summed E-state index contributed by atoms with van der Waals surface area (Å²) in [6.45, 7) is 2.17. The van der Waals surface area contributed by atoms with E-state index in [1.807, 2.05) is 48.5 Å². The van der Waals surface area contributed by atoms with E-state index in [0.29, 0.717) is 12.3 Å². The normalized spacial score (nSPS) is 17.9. The SMILES string of the molecule is CC1CCC(=O)c2cc(Oc3ccccc3)ccc21. The second-order valence-corrected chi connectivity index (χ2v) is 5.03. The standard InChI is InChI=1S/C17H16O2/c1-12-7-10-17(18)16-11-14(8-9-15(12)16)19-13-5-3-2-4-6-13/h2-6,8-9,11-12H,7,10H2,1H3. The predicted molar refractivity (Wildman–Crippen MR) is 74.9 cm³/mol. The summed E-state index contributed by atoms with van der Waals surface area (Å²) in [5, 5.41) is 0. The minimum absolute atomic E-state index is 0.228. The summed E-state index contributed by atoms with van der Waals surface area (Å²) < 4.78 is 5.78. The van der Waals surface area contributed by atoms with Gasteiger partial charge in [-0.1, -0.05) is 31.2 Å². The van der Waals surface area contributed by atoms with Crippen molar-refractivity contribution >= 4 is 5.78 Å². The first kappa shape index (κ1) is 12.0. The van der Waals surface area contributed by atoms with Crippen LogP contribution in [0.25, 0.3) is 0 Å². The second kappa shape index (κ2) is 4.88. The van der Waals surface area contributed by atoms with Gasteiger partial charge in [0.25, 0.3) is 0 Å². The van der Waals surface area contributed by atoms with Gasteiger partial charge in [-0.05, 0) is 42.2 Å². The van der Waals surface area contributed by atoms with Crippen LogP contribution in [0.3, 0.4) is 0 Å². The first-order valence-electron chi connectivity index (χ1n) is 6.64. The highest BCUT2D eigenvalue weighted by Gasteiger charge is 2.23. The van der Waals surface area contributed by atoms with Gasteiger partial charge < -0.3 is 4.74 Å². The van der Waals surface area contributed by atoms with Gasteiger partial charge in [0.2, 0.25) is 0 Å². The van der Waals surface area contributed by atoms with Crippen molar-refractivity contribution in [2.24, 2.45) is 0 Å². The Labute approximate surface area is 113 Å². The van der Waals surface area contributed by atoms with E-state index in [1.165, 1.54) is 0 Å². The molecule has 1 aliphatic rings. The summed E-state index contributed by atoms with van der Waals surface area (Å²) in [5.74, 6) is 2.20. The van der Waals surface area contributed by atoms with Crippen LogP contribution in [0.15, 0.2) is 48.5 Å². The van der Waals surface area contributed by atoms with Crippen molar-refractivity contribution in [2.75, 3.05) is 0 Å². The number of ether oxygens (including phenoxy) is 1. The Balaban J connectivity index is 1.93. The molecule has 2 heteroatoms.